The molecule has 154 valence electrons. The Morgan fingerprint density at radius 3 is 1.90 bits per heavy atom. The van der Waals surface area contributed by atoms with E-state index in [-0.39, 0.29) is 16.8 Å². The van der Waals surface area contributed by atoms with E-state index in [1.807, 2.05) is 18.2 Å². The van der Waals surface area contributed by atoms with Gasteiger partial charge in [-0.1, -0.05) is 60.7 Å². The van der Waals surface area contributed by atoms with Gasteiger partial charge in [-0.2, -0.15) is 0 Å². The molecule has 4 rings (SSSR count). The molecule has 6 heteroatoms. The lowest BCUT2D eigenvalue weighted by Gasteiger charge is -2.25. The normalized spacial score (nSPS) is 20.8. The van der Waals surface area contributed by atoms with Crippen LogP contribution in [0.5, 0.6) is 5.75 Å². The Morgan fingerprint density at radius 1 is 0.900 bits per heavy atom. The lowest BCUT2D eigenvalue weighted by atomic mass is 10.1. The largest absolute Gasteiger partial charge is 0.490 e. The Morgan fingerprint density at radius 2 is 1.43 bits per heavy atom. The number of nitrogens with zero attached hydrogens (tertiary/aromatic N) is 1. The Hall–Kier alpha value is -3.22. The Kier molecular flexibility index (Phi) is 6.07. The average molecular weight is 405 g/mol. The molecule has 0 spiro atoms. The molecule has 1 fully saturated rings. The number of rotatable bonds is 7. The number of nitro benzene ring substituents is 1. The van der Waals surface area contributed by atoms with E-state index in [2.05, 4.69) is 48.5 Å². The highest BCUT2D eigenvalue weighted by Gasteiger charge is 2.41. The van der Waals surface area contributed by atoms with Gasteiger partial charge in [0, 0.05) is 17.2 Å². The molecule has 0 radical (unpaired) electrons. The van der Waals surface area contributed by atoms with Gasteiger partial charge in [-0.15, -0.1) is 0 Å². The molecule has 0 bridgehead atoms. The zero-order valence-electron chi connectivity index (χ0n) is 17.1. The van der Waals surface area contributed by atoms with Gasteiger partial charge < -0.3 is 4.74 Å². The number of nitro groups is 1. The molecule has 2 atom stereocenters. The highest BCUT2D eigenvalue weighted by Crippen LogP contribution is 2.28. The molecule has 1 aliphatic heterocycles. The van der Waals surface area contributed by atoms with Crippen molar-refractivity contribution in [3.63, 3.8) is 0 Å². The minimum atomic E-state index is -0.356. The van der Waals surface area contributed by atoms with E-state index in [0.717, 1.165) is 31.7 Å². The van der Waals surface area contributed by atoms with Crippen LogP contribution in [0.25, 0.3) is 0 Å². The summed E-state index contributed by atoms with van der Waals surface area (Å²) in [6.07, 6.45) is 0.120. The van der Waals surface area contributed by atoms with Gasteiger partial charge in [0.2, 0.25) is 6.17 Å². The first kappa shape index (κ1) is 20.1. The molecule has 0 aromatic heterocycles. The van der Waals surface area contributed by atoms with E-state index in [4.69, 9.17) is 4.74 Å². The second-order valence-electron chi connectivity index (χ2n) is 7.76. The van der Waals surface area contributed by atoms with Crippen LogP contribution in [0.3, 0.4) is 0 Å². The second kappa shape index (κ2) is 9.07. The predicted octanol–water partition coefficient (Wildman–Crippen LogP) is 1.79. The molecular weight excluding hydrogens is 378 g/mol. The molecule has 1 saturated heterocycles. The molecule has 3 aromatic rings. The van der Waals surface area contributed by atoms with Gasteiger partial charge in [0.25, 0.3) is 0 Å². The number of hydrogen-bond acceptors (Lipinski definition) is 3. The lowest BCUT2D eigenvalue weighted by molar-refractivity contribution is -1.09. The fourth-order valence-corrected chi connectivity index (χ4v) is 4.50. The molecule has 6 nitrogen and oxygen atoms in total. The molecule has 0 aliphatic carbocycles. The number of methoxy groups -OCH3 is 1. The summed E-state index contributed by atoms with van der Waals surface area (Å²) >= 11 is 0. The summed E-state index contributed by atoms with van der Waals surface area (Å²) in [6, 6.07) is 26.3. The van der Waals surface area contributed by atoms with Gasteiger partial charge in [-0.25, -0.2) is 0 Å². The molecule has 2 unspecified atom stereocenters. The third-order valence-electron chi connectivity index (χ3n) is 5.86. The van der Waals surface area contributed by atoms with Crippen molar-refractivity contribution < 1.29 is 19.5 Å². The van der Waals surface area contributed by atoms with E-state index in [1.54, 1.807) is 12.1 Å². The van der Waals surface area contributed by atoms with Crippen molar-refractivity contribution in [3.8, 4) is 5.75 Å². The number of quaternary nitrogens is 2. The first-order valence-corrected chi connectivity index (χ1v) is 10.2. The third-order valence-corrected chi connectivity index (χ3v) is 5.86. The van der Waals surface area contributed by atoms with E-state index >= 15 is 0 Å². The first-order chi connectivity index (χ1) is 14.7. The molecule has 0 amide bonds. The fraction of sp³-hybridized carbons (Fsp3) is 0.250. The Labute approximate surface area is 176 Å². The zero-order valence-corrected chi connectivity index (χ0v) is 17.1. The summed E-state index contributed by atoms with van der Waals surface area (Å²) in [6.45, 7) is 3.82. The van der Waals surface area contributed by atoms with Crippen molar-refractivity contribution in [2.45, 2.75) is 19.3 Å². The molecule has 2 N–H and O–H groups in total. The average Bonchev–Trinajstić information content (AvgIpc) is 3.16. The monoisotopic (exact) mass is 405 g/mol. The molecule has 3 aromatic carbocycles. The minimum Gasteiger partial charge on any atom is -0.490 e. The SMILES string of the molecule is COc1ccc(C2[NH+](Cc3ccccc3)CC[NH+]2Cc2ccccc2)cc1[N+](=O)[O-]. The molecular formula is C24H27N3O3+2. The van der Waals surface area contributed by atoms with Crippen molar-refractivity contribution >= 4 is 5.69 Å². The number of benzene rings is 3. The van der Waals surface area contributed by atoms with E-state index in [0.29, 0.717) is 5.75 Å². The van der Waals surface area contributed by atoms with Gasteiger partial charge in [0.1, 0.15) is 26.2 Å². The van der Waals surface area contributed by atoms with Crippen molar-refractivity contribution in [2.24, 2.45) is 0 Å². The highest BCUT2D eigenvalue weighted by molar-refractivity contribution is 5.48. The Bertz CT molecular complexity index is 946. The van der Waals surface area contributed by atoms with Crippen molar-refractivity contribution in [1.29, 1.82) is 0 Å². The smallest absolute Gasteiger partial charge is 0.311 e. The van der Waals surface area contributed by atoms with Gasteiger partial charge in [0.05, 0.1) is 17.6 Å². The van der Waals surface area contributed by atoms with Crippen LogP contribution < -0.4 is 14.5 Å². The molecule has 0 saturated carbocycles. The third kappa shape index (κ3) is 4.35. The van der Waals surface area contributed by atoms with Crippen molar-refractivity contribution in [1.82, 2.24) is 0 Å². The topological polar surface area (TPSA) is 61.2 Å². The van der Waals surface area contributed by atoms with E-state index in [1.165, 1.54) is 28.0 Å². The highest BCUT2D eigenvalue weighted by atomic mass is 16.6. The summed E-state index contributed by atoms with van der Waals surface area (Å²) in [7, 11) is 1.47. The quantitative estimate of drug-likeness (QED) is 0.465. The standard InChI is InChI=1S/C24H25N3O3/c1-30-23-13-12-21(16-22(23)27(28)29)24-25(17-19-8-4-2-5-9-19)14-15-26(24)18-20-10-6-3-7-11-20/h2-13,16,24H,14-15,17-18H2,1H3/p+2. The van der Waals surface area contributed by atoms with Crippen molar-refractivity contribution in [2.75, 3.05) is 20.2 Å². The fourth-order valence-electron chi connectivity index (χ4n) is 4.50. The molecule has 30 heavy (non-hydrogen) atoms. The summed E-state index contributed by atoms with van der Waals surface area (Å²) in [5, 5.41) is 11.6. The predicted molar refractivity (Wildman–Crippen MR) is 114 cm³/mol. The van der Waals surface area contributed by atoms with Gasteiger partial charge in [-0.05, 0) is 12.1 Å². The summed E-state index contributed by atoms with van der Waals surface area (Å²) in [4.78, 5) is 14.1. The van der Waals surface area contributed by atoms with Crippen LogP contribution >= 0.6 is 0 Å². The maximum atomic E-state index is 11.6. The molecule has 1 aliphatic rings. The maximum Gasteiger partial charge on any atom is 0.311 e. The number of hydrogen-bond donors (Lipinski definition) is 2. The van der Waals surface area contributed by atoms with Crippen LogP contribution in [-0.4, -0.2) is 25.1 Å². The zero-order chi connectivity index (χ0) is 20.9. The van der Waals surface area contributed by atoms with Crippen LogP contribution in [0.15, 0.2) is 78.9 Å². The summed E-state index contributed by atoms with van der Waals surface area (Å²) in [5.74, 6) is 0.302. The second-order valence-corrected chi connectivity index (χ2v) is 7.76. The van der Waals surface area contributed by atoms with E-state index in [9.17, 15) is 10.1 Å². The van der Waals surface area contributed by atoms with Crippen molar-refractivity contribution in [3.05, 3.63) is 106 Å². The summed E-state index contributed by atoms with van der Waals surface area (Å²) < 4.78 is 5.21. The van der Waals surface area contributed by atoms with Crippen LogP contribution in [-0.2, 0) is 13.1 Å². The lowest BCUT2D eigenvalue weighted by Crippen LogP contribution is -3.22. The van der Waals surface area contributed by atoms with Crippen LogP contribution in [0.2, 0.25) is 0 Å². The number of nitrogens with one attached hydrogen (secondary N) is 2. The van der Waals surface area contributed by atoms with Crippen LogP contribution in [0.1, 0.15) is 22.9 Å². The van der Waals surface area contributed by atoms with Crippen LogP contribution in [0.4, 0.5) is 5.69 Å². The first-order valence-electron chi connectivity index (χ1n) is 10.2. The number of ether oxygens (including phenoxy) is 1. The van der Waals surface area contributed by atoms with Crippen LogP contribution in [0, 0.1) is 10.1 Å². The maximum absolute atomic E-state index is 11.6. The molecule has 1 heterocycles. The van der Waals surface area contributed by atoms with Gasteiger partial charge in [-0.3, -0.25) is 19.9 Å². The van der Waals surface area contributed by atoms with Gasteiger partial charge in [0.15, 0.2) is 5.75 Å². The Balaban J connectivity index is 1.68. The summed E-state index contributed by atoms with van der Waals surface area (Å²) in [5.41, 5.74) is 3.57. The van der Waals surface area contributed by atoms with E-state index < -0.39 is 0 Å². The van der Waals surface area contributed by atoms with Gasteiger partial charge >= 0.3 is 5.69 Å². The minimum absolute atomic E-state index is 0.0278.